The van der Waals surface area contributed by atoms with Gasteiger partial charge in [-0.25, -0.2) is 0 Å². The minimum atomic E-state index is 0.148. The molecule has 2 heteroatoms. The van der Waals surface area contributed by atoms with Crippen molar-refractivity contribution in [3.63, 3.8) is 0 Å². The summed E-state index contributed by atoms with van der Waals surface area (Å²) in [6.07, 6.45) is 6.58. The van der Waals surface area contributed by atoms with Crippen LogP contribution in [0.25, 0.3) is 0 Å². The molecular formula is C11H19NO. The average Bonchev–Trinajstić information content (AvgIpc) is 2.52. The van der Waals surface area contributed by atoms with Crippen molar-refractivity contribution >= 4 is 0 Å². The number of nitrogens with zero attached hydrogens (tertiary/aromatic N) is 1. The summed E-state index contributed by atoms with van der Waals surface area (Å²) in [7, 11) is 0. The van der Waals surface area contributed by atoms with Crippen molar-refractivity contribution in [2.45, 2.75) is 39.8 Å². The Morgan fingerprint density at radius 2 is 2.31 bits per heavy atom. The predicted octanol–water partition coefficient (Wildman–Crippen LogP) is 2.42. The summed E-state index contributed by atoms with van der Waals surface area (Å²) < 4.78 is 2.16. The van der Waals surface area contributed by atoms with E-state index in [1.54, 1.807) is 0 Å². The largest absolute Gasteiger partial charge is 0.392 e. The summed E-state index contributed by atoms with van der Waals surface area (Å²) in [5.74, 6) is 0.726. The van der Waals surface area contributed by atoms with Gasteiger partial charge in [0.15, 0.2) is 0 Å². The second-order valence-corrected chi connectivity index (χ2v) is 3.77. The fourth-order valence-corrected chi connectivity index (χ4v) is 1.64. The number of rotatable bonds is 5. The zero-order valence-corrected chi connectivity index (χ0v) is 8.53. The summed E-state index contributed by atoms with van der Waals surface area (Å²) in [5, 5.41) is 8.88. The van der Waals surface area contributed by atoms with Crippen LogP contribution >= 0.6 is 0 Å². The van der Waals surface area contributed by atoms with Gasteiger partial charge in [0.25, 0.3) is 0 Å². The number of aromatic nitrogens is 1. The van der Waals surface area contributed by atoms with Crippen LogP contribution < -0.4 is 0 Å². The minimum Gasteiger partial charge on any atom is -0.392 e. The van der Waals surface area contributed by atoms with Crippen LogP contribution in [0.5, 0.6) is 0 Å². The first-order chi connectivity index (χ1) is 6.26. The Morgan fingerprint density at radius 1 is 1.54 bits per heavy atom. The smallest absolute Gasteiger partial charge is 0.0696 e. The predicted molar refractivity (Wildman–Crippen MR) is 54.4 cm³/mol. The van der Waals surface area contributed by atoms with Crippen LogP contribution in [0.2, 0.25) is 0 Å². The van der Waals surface area contributed by atoms with E-state index in [1.165, 1.54) is 12.8 Å². The first-order valence-corrected chi connectivity index (χ1v) is 5.01. The number of aliphatic hydroxyl groups is 1. The molecule has 1 aromatic heterocycles. The molecule has 1 heterocycles. The molecule has 0 aliphatic carbocycles. The molecule has 0 saturated carbocycles. The van der Waals surface area contributed by atoms with Gasteiger partial charge in [-0.3, -0.25) is 0 Å². The van der Waals surface area contributed by atoms with Gasteiger partial charge in [-0.15, -0.1) is 0 Å². The van der Waals surface area contributed by atoms with Gasteiger partial charge < -0.3 is 9.67 Å². The van der Waals surface area contributed by atoms with E-state index in [1.807, 2.05) is 18.5 Å². The Bertz CT molecular complexity index is 242. The van der Waals surface area contributed by atoms with E-state index in [0.29, 0.717) is 0 Å². The molecular weight excluding hydrogens is 162 g/mol. The average molecular weight is 181 g/mol. The van der Waals surface area contributed by atoms with E-state index < -0.39 is 0 Å². The zero-order chi connectivity index (χ0) is 9.68. The quantitative estimate of drug-likeness (QED) is 0.741. The molecule has 0 radical (unpaired) electrons. The van der Waals surface area contributed by atoms with Gasteiger partial charge in [0.05, 0.1) is 6.61 Å². The van der Waals surface area contributed by atoms with Crippen molar-refractivity contribution in [3.8, 4) is 0 Å². The summed E-state index contributed by atoms with van der Waals surface area (Å²) in [4.78, 5) is 0. The van der Waals surface area contributed by atoms with Gasteiger partial charge >= 0.3 is 0 Å². The first-order valence-electron chi connectivity index (χ1n) is 5.01. The van der Waals surface area contributed by atoms with Gasteiger partial charge in [0.1, 0.15) is 0 Å². The van der Waals surface area contributed by atoms with Gasteiger partial charge in [0, 0.05) is 18.9 Å². The first kappa shape index (κ1) is 10.3. The highest BCUT2D eigenvalue weighted by molar-refractivity contribution is 5.08. The minimum absolute atomic E-state index is 0.148. The summed E-state index contributed by atoms with van der Waals surface area (Å²) >= 11 is 0. The fraction of sp³-hybridized carbons (Fsp3) is 0.636. The van der Waals surface area contributed by atoms with Crippen LogP contribution in [0.4, 0.5) is 0 Å². The lowest BCUT2D eigenvalue weighted by atomic mass is 10.1. The monoisotopic (exact) mass is 181 g/mol. The molecule has 13 heavy (non-hydrogen) atoms. The Morgan fingerprint density at radius 3 is 2.85 bits per heavy atom. The second kappa shape index (κ2) is 5.07. The number of aliphatic hydroxyl groups excluding tert-OH is 1. The summed E-state index contributed by atoms with van der Waals surface area (Å²) in [5.41, 5.74) is 1.00. The molecule has 0 fully saturated rings. The van der Waals surface area contributed by atoms with Crippen LogP contribution in [0.15, 0.2) is 18.5 Å². The molecule has 0 aromatic carbocycles. The lowest BCUT2D eigenvalue weighted by molar-refractivity contribution is 0.281. The lowest BCUT2D eigenvalue weighted by Gasteiger charge is -2.10. The van der Waals surface area contributed by atoms with E-state index in [-0.39, 0.29) is 6.61 Å². The van der Waals surface area contributed by atoms with Crippen LogP contribution in [0.1, 0.15) is 32.3 Å². The van der Waals surface area contributed by atoms with Gasteiger partial charge in [-0.05, 0) is 24.0 Å². The molecule has 0 spiro atoms. The molecule has 0 amide bonds. The summed E-state index contributed by atoms with van der Waals surface area (Å²) in [6, 6.07) is 1.97. The third kappa shape index (κ3) is 3.23. The molecule has 0 aliphatic heterocycles. The maximum Gasteiger partial charge on any atom is 0.0696 e. The molecule has 0 bridgehead atoms. The molecule has 2 nitrogen and oxygen atoms in total. The maximum atomic E-state index is 8.88. The van der Waals surface area contributed by atoms with Crippen molar-refractivity contribution in [3.05, 3.63) is 24.0 Å². The van der Waals surface area contributed by atoms with Crippen molar-refractivity contribution in [1.29, 1.82) is 0 Å². The number of hydrogen-bond donors (Lipinski definition) is 1. The fourth-order valence-electron chi connectivity index (χ4n) is 1.64. The topological polar surface area (TPSA) is 25.2 Å². The Balaban J connectivity index is 2.44. The highest BCUT2D eigenvalue weighted by Crippen LogP contribution is 2.10. The Hall–Kier alpha value is -0.760. The van der Waals surface area contributed by atoms with Gasteiger partial charge in [-0.1, -0.05) is 20.3 Å². The lowest BCUT2D eigenvalue weighted by Crippen LogP contribution is -2.05. The molecule has 0 aliphatic rings. The SMILES string of the molecule is CCCC(C)Cn1ccc(CO)c1. The van der Waals surface area contributed by atoms with Gasteiger partial charge in [0.2, 0.25) is 0 Å². The molecule has 1 unspecified atom stereocenters. The van der Waals surface area contributed by atoms with Crippen LogP contribution in [-0.4, -0.2) is 9.67 Å². The molecule has 1 N–H and O–H groups in total. The second-order valence-electron chi connectivity index (χ2n) is 3.77. The van der Waals surface area contributed by atoms with Crippen LogP contribution in [0.3, 0.4) is 0 Å². The third-order valence-corrected chi connectivity index (χ3v) is 2.30. The van der Waals surface area contributed by atoms with Crippen molar-refractivity contribution in [2.75, 3.05) is 0 Å². The van der Waals surface area contributed by atoms with Crippen LogP contribution in [0, 0.1) is 5.92 Å². The van der Waals surface area contributed by atoms with E-state index in [4.69, 9.17) is 5.11 Å². The van der Waals surface area contributed by atoms with Crippen LogP contribution in [-0.2, 0) is 13.2 Å². The van der Waals surface area contributed by atoms with E-state index >= 15 is 0 Å². The standard InChI is InChI=1S/C11H19NO/c1-3-4-10(2)7-12-6-5-11(8-12)9-13/h5-6,8,10,13H,3-4,7,9H2,1-2H3. The van der Waals surface area contributed by atoms with E-state index in [2.05, 4.69) is 18.4 Å². The number of hydrogen-bond acceptors (Lipinski definition) is 1. The Kier molecular flexibility index (Phi) is 4.03. The van der Waals surface area contributed by atoms with Crippen molar-refractivity contribution in [1.82, 2.24) is 4.57 Å². The molecule has 1 atom stereocenters. The highest BCUT2D eigenvalue weighted by atomic mass is 16.3. The summed E-state index contributed by atoms with van der Waals surface area (Å²) in [6.45, 7) is 5.69. The van der Waals surface area contributed by atoms with Crippen molar-refractivity contribution in [2.24, 2.45) is 5.92 Å². The molecule has 1 aromatic rings. The third-order valence-electron chi connectivity index (χ3n) is 2.30. The highest BCUT2D eigenvalue weighted by Gasteiger charge is 2.01. The molecule has 1 rings (SSSR count). The Labute approximate surface area is 80.2 Å². The molecule has 0 saturated heterocycles. The van der Waals surface area contributed by atoms with Crippen molar-refractivity contribution < 1.29 is 5.11 Å². The van der Waals surface area contributed by atoms with E-state index in [9.17, 15) is 0 Å². The normalized spacial score (nSPS) is 13.2. The zero-order valence-electron chi connectivity index (χ0n) is 8.53. The van der Waals surface area contributed by atoms with Gasteiger partial charge in [-0.2, -0.15) is 0 Å². The van der Waals surface area contributed by atoms with E-state index in [0.717, 1.165) is 18.0 Å². The maximum absolute atomic E-state index is 8.88. The molecule has 74 valence electrons.